The Labute approximate surface area is 121 Å². The first-order valence-electron chi connectivity index (χ1n) is 5.51. The van der Waals surface area contributed by atoms with Crippen LogP contribution in [0.25, 0.3) is 0 Å². The number of benzene rings is 1. The van der Waals surface area contributed by atoms with Crippen molar-refractivity contribution in [2.75, 3.05) is 17.6 Å². The number of nitrogens with zero attached hydrogens (tertiary/aromatic N) is 1. The molecular formula is C12H12ClN3O3S. The average Bonchev–Trinajstić information content (AvgIpc) is 2.37. The number of anilines is 2. The van der Waals surface area contributed by atoms with E-state index in [1.165, 1.54) is 31.4 Å². The van der Waals surface area contributed by atoms with Gasteiger partial charge in [0.1, 0.15) is 21.6 Å². The number of nitrogens with one attached hydrogen (secondary N) is 1. The van der Waals surface area contributed by atoms with Crippen LogP contribution in [0.1, 0.15) is 0 Å². The summed E-state index contributed by atoms with van der Waals surface area (Å²) in [5.74, 6) is 0.593. The van der Waals surface area contributed by atoms with E-state index in [9.17, 15) is 8.42 Å². The minimum Gasteiger partial charge on any atom is -0.497 e. The van der Waals surface area contributed by atoms with Crippen LogP contribution in [0.5, 0.6) is 5.75 Å². The molecule has 106 valence electrons. The average molecular weight is 314 g/mol. The van der Waals surface area contributed by atoms with E-state index in [-0.39, 0.29) is 21.6 Å². The number of sulfonamides is 1. The molecule has 20 heavy (non-hydrogen) atoms. The fraction of sp³-hybridized carbons (Fsp3) is 0.0833. The molecule has 0 aliphatic rings. The number of nitrogens with two attached hydrogens (primary N) is 1. The van der Waals surface area contributed by atoms with E-state index in [1.54, 1.807) is 12.1 Å². The lowest BCUT2D eigenvalue weighted by atomic mass is 10.3. The van der Waals surface area contributed by atoms with Gasteiger partial charge in [-0.1, -0.05) is 17.7 Å². The van der Waals surface area contributed by atoms with Crippen molar-refractivity contribution in [3.05, 3.63) is 41.6 Å². The van der Waals surface area contributed by atoms with Gasteiger partial charge < -0.3 is 10.5 Å². The summed E-state index contributed by atoms with van der Waals surface area (Å²) < 4.78 is 31.7. The standard InChI is InChI=1S/C12H12ClN3O3S/c1-19-8-5-6-10(9(14)7-8)20(17,18)16-12-4-2-3-11(13)15-12/h2-7H,14H2,1H3,(H,15,16). The minimum atomic E-state index is -3.84. The quantitative estimate of drug-likeness (QED) is 0.666. The lowest BCUT2D eigenvalue weighted by Crippen LogP contribution is -2.15. The molecule has 0 aliphatic heterocycles. The Bertz CT molecular complexity index is 734. The second-order valence-corrected chi connectivity index (χ2v) is 5.89. The summed E-state index contributed by atoms with van der Waals surface area (Å²) in [6, 6.07) is 8.92. The molecule has 1 aromatic heterocycles. The molecule has 0 spiro atoms. The van der Waals surface area contributed by atoms with E-state index in [1.807, 2.05) is 0 Å². The molecule has 0 atom stereocenters. The van der Waals surface area contributed by atoms with Gasteiger partial charge in [0.15, 0.2) is 0 Å². The number of aromatic nitrogens is 1. The Morgan fingerprint density at radius 1 is 1.30 bits per heavy atom. The third-order valence-electron chi connectivity index (χ3n) is 2.46. The molecule has 2 rings (SSSR count). The topological polar surface area (TPSA) is 94.3 Å². The molecular weight excluding hydrogens is 302 g/mol. The van der Waals surface area contributed by atoms with Gasteiger partial charge in [0.2, 0.25) is 0 Å². The zero-order valence-corrected chi connectivity index (χ0v) is 12.1. The molecule has 0 radical (unpaired) electrons. The minimum absolute atomic E-state index is 0.0555. The summed E-state index contributed by atoms with van der Waals surface area (Å²) in [6.07, 6.45) is 0. The monoisotopic (exact) mass is 313 g/mol. The molecule has 0 aliphatic carbocycles. The molecule has 0 unspecified atom stereocenters. The van der Waals surface area contributed by atoms with Crippen molar-refractivity contribution in [3.8, 4) is 5.75 Å². The molecule has 0 amide bonds. The van der Waals surface area contributed by atoms with Crippen molar-refractivity contribution >= 4 is 33.1 Å². The third kappa shape index (κ3) is 3.12. The number of hydrogen-bond acceptors (Lipinski definition) is 5. The highest BCUT2D eigenvalue weighted by Crippen LogP contribution is 2.25. The molecule has 8 heteroatoms. The maximum atomic E-state index is 12.2. The number of ether oxygens (including phenoxy) is 1. The van der Waals surface area contributed by atoms with Crippen LogP contribution in [0.15, 0.2) is 41.3 Å². The Hall–Kier alpha value is -1.99. The van der Waals surface area contributed by atoms with Crippen molar-refractivity contribution < 1.29 is 13.2 Å². The molecule has 6 nitrogen and oxygen atoms in total. The lowest BCUT2D eigenvalue weighted by Gasteiger charge is -2.10. The van der Waals surface area contributed by atoms with Gasteiger partial charge >= 0.3 is 0 Å². The highest BCUT2D eigenvalue weighted by molar-refractivity contribution is 7.92. The molecule has 0 saturated carbocycles. The molecule has 0 bridgehead atoms. The number of nitrogen functional groups attached to an aromatic ring is 1. The first-order valence-corrected chi connectivity index (χ1v) is 7.37. The molecule has 1 heterocycles. The van der Waals surface area contributed by atoms with Gasteiger partial charge in [-0.3, -0.25) is 4.72 Å². The van der Waals surface area contributed by atoms with Crippen LogP contribution in [-0.4, -0.2) is 20.5 Å². The normalized spacial score (nSPS) is 11.1. The molecule has 0 saturated heterocycles. The second-order valence-electron chi connectivity index (χ2n) is 3.85. The van der Waals surface area contributed by atoms with Crippen LogP contribution in [0, 0.1) is 0 Å². The summed E-state index contributed by atoms with van der Waals surface area (Å²) in [5.41, 5.74) is 5.80. The number of rotatable bonds is 4. The number of pyridine rings is 1. The van der Waals surface area contributed by atoms with Crippen LogP contribution in [0.2, 0.25) is 5.15 Å². The zero-order chi connectivity index (χ0) is 14.8. The van der Waals surface area contributed by atoms with Gasteiger partial charge in [0.25, 0.3) is 10.0 Å². The van der Waals surface area contributed by atoms with E-state index in [0.29, 0.717) is 5.75 Å². The summed E-state index contributed by atoms with van der Waals surface area (Å²) in [7, 11) is -2.37. The Kier molecular flexibility index (Phi) is 4.01. The lowest BCUT2D eigenvalue weighted by molar-refractivity contribution is 0.414. The zero-order valence-electron chi connectivity index (χ0n) is 10.5. The number of hydrogen-bond donors (Lipinski definition) is 2. The fourth-order valence-electron chi connectivity index (χ4n) is 1.56. The van der Waals surface area contributed by atoms with Gasteiger partial charge in [-0.2, -0.15) is 0 Å². The summed E-state index contributed by atoms with van der Waals surface area (Å²) >= 11 is 5.70. The number of methoxy groups -OCH3 is 1. The van der Waals surface area contributed by atoms with Gasteiger partial charge in [-0.05, 0) is 24.3 Å². The van der Waals surface area contributed by atoms with Gasteiger partial charge in [0.05, 0.1) is 12.8 Å². The van der Waals surface area contributed by atoms with E-state index >= 15 is 0 Å². The predicted molar refractivity (Wildman–Crippen MR) is 77.5 cm³/mol. The van der Waals surface area contributed by atoms with E-state index in [0.717, 1.165) is 0 Å². The van der Waals surface area contributed by atoms with Crippen LogP contribution in [0.4, 0.5) is 11.5 Å². The van der Waals surface area contributed by atoms with Gasteiger partial charge in [-0.15, -0.1) is 0 Å². The molecule has 3 N–H and O–H groups in total. The van der Waals surface area contributed by atoms with Crippen LogP contribution < -0.4 is 15.2 Å². The largest absolute Gasteiger partial charge is 0.497 e. The Morgan fingerprint density at radius 3 is 2.65 bits per heavy atom. The maximum Gasteiger partial charge on any atom is 0.265 e. The maximum absolute atomic E-state index is 12.2. The SMILES string of the molecule is COc1ccc(S(=O)(=O)Nc2cccc(Cl)n2)c(N)c1. The van der Waals surface area contributed by atoms with Crippen molar-refractivity contribution in [1.82, 2.24) is 4.98 Å². The highest BCUT2D eigenvalue weighted by atomic mass is 35.5. The first kappa shape index (κ1) is 14.4. The molecule has 0 fully saturated rings. The Morgan fingerprint density at radius 2 is 2.05 bits per heavy atom. The van der Waals surface area contributed by atoms with Crippen LogP contribution in [-0.2, 0) is 10.0 Å². The van der Waals surface area contributed by atoms with E-state index in [2.05, 4.69) is 9.71 Å². The Balaban J connectivity index is 2.36. The van der Waals surface area contributed by atoms with E-state index in [4.69, 9.17) is 22.1 Å². The highest BCUT2D eigenvalue weighted by Gasteiger charge is 2.18. The van der Waals surface area contributed by atoms with E-state index < -0.39 is 10.0 Å². The van der Waals surface area contributed by atoms with Crippen molar-refractivity contribution in [1.29, 1.82) is 0 Å². The van der Waals surface area contributed by atoms with Crippen molar-refractivity contribution in [2.24, 2.45) is 0 Å². The smallest absolute Gasteiger partial charge is 0.265 e. The van der Waals surface area contributed by atoms with Crippen LogP contribution >= 0.6 is 11.6 Å². The first-order chi connectivity index (χ1) is 9.42. The van der Waals surface area contributed by atoms with Crippen LogP contribution in [0.3, 0.4) is 0 Å². The number of halogens is 1. The summed E-state index contributed by atoms with van der Waals surface area (Å²) in [5, 5.41) is 0.188. The molecule has 1 aromatic carbocycles. The summed E-state index contributed by atoms with van der Waals surface area (Å²) in [4.78, 5) is 3.80. The third-order valence-corrected chi connectivity index (χ3v) is 4.10. The fourth-order valence-corrected chi connectivity index (χ4v) is 2.84. The van der Waals surface area contributed by atoms with Crippen molar-refractivity contribution in [2.45, 2.75) is 4.90 Å². The van der Waals surface area contributed by atoms with Crippen molar-refractivity contribution in [3.63, 3.8) is 0 Å². The van der Waals surface area contributed by atoms with Gasteiger partial charge in [-0.25, -0.2) is 13.4 Å². The summed E-state index contributed by atoms with van der Waals surface area (Å²) in [6.45, 7) is 0. The predicted octanol–water partition coefficient (Wildman–Crippen LogP) is 2.13. The van der Waals surface area contributed by atoms with Gasteiger partial charge in [0, 0.05) is 6.07 Å². The molecule has 2 aromatic rings. The second kappa shape index (κ2) is 5.56.